The second-order valence-corrected chi connectivity index (χ2v) is 9.44. The van der Waals surface area contributed by atoms with Crippen LogP contribution < -0.4 is 10.2 Å². The van der Waals surface area contributed by atoms with Gasteiger partial charge in [0.2, 0.25) is 0 Å². The Morgan fingerprint density at radius 3 is 2.35 bits per heavy atom. The fourth-order valence-corrected chi connectivity index (χ4v) is 5.02. The molecule has 4 heterocycles. The number of hydrogen-bond donors (Lipinski definition) is 2. The summed E-state index contributed by atoms with van der Waals surface area (Å²) < 4.78 is 0. The van der Waals surface area contributed by atoms with Crippen LogP contribution in [0.2, 0.25) is 0 Å². The van der Waals surface area contributed by atoms with Gasteiger partial charge in [0, 0.05) is 37.0 Å². The van der Waals surface area contributed by atoms with Crippen LogP contribution in [0, 0.1) is 6.92 Å². The monoisotopic (exact) mass is 457 g/mol. The summed E-state index contributed by atoms with van der Waals surface area (Å²) in [6.45, 7) is 6.58. The predicted octanol–water partition coefficient (Wildman–Crippen LogP) is 5.27. The van der Waals surface area contributed by atoms with Gasteiger partial charge in [0.05, 0.1) is 0 Å². The zero-order valence-electron chi connectivity index (χ0n) is 20.1. The third-order valence-corrected chi connectivity index (χ3v) is 6.86. The highest BCUT2D eigenvalue weighted by Gasteiger charge is 2.26. The van der Waals surface area contributed by atoms with E-state index in [0.717, 1.165) is 41.8 Å². The lowest BCUT2D eigenvalue weighted by atomic mass is 10.0. The van der Waals surface area contributed by atoms with Gasteiger partial charge in [-0.05, 0) is 57.3 Å². The second kappa shape index (κ2) is 10.8. The fraction of sp³-hybridized carbons (Fsp3) is 0.444. The maximum absolute atomic E-state index is 4.92. The Morgan fingerprint density at radius 1 is 0.882 bits per heavy atom. The number of H-pyrrole nitrogens is 1. The molecule has 178 valence electrons. The van der Waals surface area contributed by atoms with Crippen molar-refractivity contribution in [3.8, 4) is 0 Å². The Balaban J connectivity index is 1.34. The summed E-state index contributed by atoms with van der Waals surface area (Å²) in [5, 5.41) is 10.6. The first-order chi connectivity index (χ1) is 16.7. The second-order valence-electron chi connectivity index (χ2n) is 9.44. The summed E-state index contributed by atoms with van der Waals surface area (Å²) in [6, 6.07) is 15.0. The van der Waals surface area contributed by atoms with Gasteiger partial charge in [-0.3, -0.25) is 5.10 Å². The standard InChI is InChI=1S/C27H35N7/c1-21-19-26(32-31-21)29-25-20-27(30-24(28-25)12-11-22-9-5-4-6-10-22)34-17-13-23(14-18-34)33-15-7-2-3-8-16-33/h4-6,9-12,19-20,23H,2-3,7-8,13-18H2,1H3,(H2,28,29,30,31,32)/b12-11+. The normalized spacial score (nSPS) is 18.3. The first kappa shape index (κ1) is 22.6. The number of aromatic nitrogens is 4. The van der Waals surface area contributed by atoms with Gasteiger partial charge in [0.15, 0.2) is 11.6 Å². The molecule has 0 spiro atoms. The number of piperidine rings is 1. The molecule has 0 bridgehead atoms. The van der Waals surface area contributed by atoms with Crippen LogP contribution in [0.5, 0.6) is 0 Å². The van der Waals surface area contributed by atoms with E-state index >= 15 is 0 Å². The Labute approximate surface area is 202 Å². The van der Waals surface area contributed by atoms with Gasteiger partial charge in [0.1, 0.15) is 11.6 Å². The lowest BCUT2D eigenvalue weighted by Crippen LogP contribution is -2.45. The van der Waals surface area contributed by atoms with Crippen LogP contribution in [0.3, 0.4) is 0 Å². The van der Waals surface area contributed by atoms with Gasteiger partial charge in [-0.15, -0.1) is 0 Å². The van der Waals surface area contributed by atoms with Crippen LogP contribution >= 0.6 is 0 Å². The number of aryl methyl sites for hydroxylation is 1. The van der Waals surface area contributed by atoms with Gasteiger partial charge in [-0.1, -0.05) is 49.2 Å². The van der Waals surface area contributed by atoms with Crippen molar-refractivity contribution >= 4 is 29.6 Å². The van der Waals surface area contributed by atoms with E-state index in [0.29, 0.717) is 11.9 Å². The smallest absolute Gasteiger partial charge is 0.156 e. The highest BCUT2D eigenvalue weighted by Crippen LogP contribution is 2.26. The van der Waals surface area contributed by atoms with Crippen molar-refractivity contribution in [2.45, 2.75) is 51.5 Å². The minimum atomic E-state index is 0.700. The van der Waals surface area contributed by atoms with Gasteiger partial charge in [-0.2, -0.15) is 5.10 Å². The average molecular weight is 458 g/mol. The van der Waals surface area contributed by atoms with E-state index in [1.807, 2.05) is 37.3 Å². The van der Waals surface area contributed by atoms with E-state index in [1.54, 1.807) is 0 Å². The van der Waals surface area contributed by atoms with Crippen LogP contribution in [0.4, 0.5) is 17.5 Å². The van der Waals surface area contributed by atoms with Crippen LogP contribution in [-0.2, 0) is 0 Å². The van der Waals surface area contributed by atoms with E-state index in [9.17, 15) is 0 Å². The molecule has 0 radical (unpaired) electrons. The molecule has 0 amide bonds. The fourth-order valence-electron chi connectivity index (χ4n) is 5.02. The molecule has 2 fully saturated rings. The third-order valence-electron chi connectivity index (χ3n) is 6.86. The highest BCUT2D eigenvalue weighted by atomic mass is 15.3. The molecule has 0 atom stereocenters. The largest absolute Gasteiger partial charge is 0.356 e. The summed E-state index contributed by atoms with van der Waals surface area (Å²) in [4.78, 5) is 14.8. The van der Waals surface area contributed by atoms with E-state index in [4.69, 9.17) is 9.97 Å². The number of anilines is 3. The van der Waals surface area contributed by atoms with E-state index in [1.165, 1.54) is 51.6 Å². The third kappa shape index (κ3) is 5.83. The summed E-state index contributed by atoms with van der Waals surface area (Å²) in [5.74, 6) is 3.21. The van der Waals surface area contributed by atoms with Crippen molar-refractivity contribution in [3.63, 3.8) is 0 Å². The number of likely N-dealkylation sites (tertiary alicyclic amines) is 1. The number of hydrogen-bond acceptors (Lipinski definition) is 6. The Bertz CT molecular complexity index is 1080. The van der Waals surface area contributed by atoms with Crippen molar-refractivity contribution < 1.29 is 0 Å². The molecule has 2 aliphatic rings. The maximum Gasteiger partial charge on any atom is 0.156 e. The molecular weight excluding hydrogens is 422 g/mol. The number of benzene rings is 1. The van der Waals surface area contributed by atoms with Gasteiger partial charge >= 0.3 is 0 Å². The Kier molecular flexibility index (Phi) is 7.19. The van der Waals surface area contributed by atoms with Crippen molar-refractivity contribution in [1.29, 1.82) is 0 Å². The zero-order chi connectivity index (χ0) is 23.2. The molecule has 2 aliphatic heterocycles. The molecule has 34 heavy (non-hydrogen) atoms. The molecule has 0 unspecified atom stereocenters. The SMILES string of the molecule is Cc1cc(Nc2cc(N3CCC(N4CCCCCC4)CC3)nc(/C=C/c3ccccc3)n2)n[nH]1. The number of aromatic amines is 1. The van der Waals surface area contributed by atoms with Crippen molar-refractivity contribution in [3.05, 3.63) is 59.5 Å². The first-order valence-corrected chi connectivity index (χ1v) is 12.6. The van der Waals surface area contributed by atoms with Crippen LogP contribution in [-0.4, -0.2) is 57.3 Å². The van der Waals surface area contributed by atoms with Crippen LogP contribution in [0.25, 0.3) is 12.2 Å². The molecule has 2 aromatic heterocycles. The molecule has 1 aromatic carbocycles. The molecule has 2 saturated heterocycles. The molecule has 0 aliphatic carbocycles. The number of rotatable bonds is 6. The van der Waals surface area contributed by atoms with E-state index in [2.05, 4.69) is 49.6 Å². The molecule has 7 nitrogen and oxygen atoms in total. The Morgan fingerprint density at radius 2 is 1.65 bits per heavy atom. The van der Waals surface area contributed by atoms with Crippen LogP contribution in [0.15, 0.2) is 42.5 Å². The molecule has 2 N–H and O–H groups in total. The van der Waals surface area contributed by atoms with Crippen LogP contribution in [0.1, 0.15) is 55.6 Å². The van der Waals surface area contributed by atoms with Crippen molar-refractivity contribution in [2.75, 3.05) is 36.4 Å². The van der Waals surface area contributed by atoms with E-state index < -0.39 is 0 Å². The first-order valence-electron chi connectivity index (χ1n) is 12.6. The predicted molar refractivity (Wildman–Crippen MR) is 139 cm³/mol. The highest BCUT2D eigenvalue weighted by molar-refractivity contribution is 5.69. The van der Waals surface area contributed by atoms with E-state index in [-0.39, 0.29) is 0 Å². The summed E-state index contributed by atoms with van der Waals surface area (Å²) in [7, 11) is 0. The molecule has 7 heteroatoms. The number of nitrogens with zero attached hydrogens (tertiary/aromatic N) is 5. The minimum absolute atomic E-state index is 0.700. The molecule has 3 aromatic rings. The lowest BCUT2D eigenvalue weighted by Gasteiger charge is -2.38. The topological polar surface area (TPSA) is 73.0 Å². The molecule has 5 rings (SSSR count). The lowest BCUT2D eigenvalue weighted by molar-refractivity contribution is 0.175. The van der Waals surface area contributed by atoms with Crippen molar-refractivity contribution in [2.24, 2.45) is 0 Å². The zero-order valence-corrected chi connectivity index (χ0v) is 20.1. The maximum atomic E-state index is 4.92. The minimum Gasteiger partial charge on any atom is -0.356 e. The average Bonchev–Trinajstić information content (AvgIpc) is 3.10. The van der Waals surface area contributed by atoms with Gasteiger partial charge in [-0.25, -0.2) is 9.97 Å². The van der Waals surface area contributed by atoms with Gasteiger partial charge in [0.25, 0.3) is 0 Å². The van der Waals surface area contributed by atoms with Crippen molar-refractivity contribution in [1.82, 2.24) is 25.1 Å². The Hall–Kier alpha value is -3.19. The summed E-state index contributed by atoms with van der Waals surface area (Å²) in [5.41, 5.74) is 2.14. The quantitative estimate of drug-likeness (QED) is 0.526. The number of nitrogens with one attached hydrogen (secondary N) is 2. The van der Waals surface area contributed by atoms with Gasteiger partial charge < -0.3 is 15.1 Å². The molecule has 0 saturated carbocycles. The summed E-state index contributed by atoms with van der Waals surface area (Å²) in [6.07, 6.45) is 11.9. The molecular formula is C27H35N7. The summed E-state index contributed by atoms with van der Waals surface area (Å²) >= 11 is 0.